The third-order valence-corrected chi connectivity index (χ3v) is 8.92. The first-order chi connectivity index (χ1) is 19.7. The Balaban J connectivity index is 1.62. The van der Waals surface area contributed by atoms with Crippen LogP contribution in [-0.4, -0.2) is 41.6 Å². The van der Waals surface area contributed by atoms with Crippen molar-refractivity contribution in [2.75, 3.05) is 19.8 Å². The summed E-state index contributed by atoms with van der Waals surface area (Å²) in [7, 11) is 0.743. The molecule has 0 aliphatic carbocycles. The van der Waals surface area contributed by atoms with Gasteiger partial charge in [0.15, 0.2) is 5.41 Å². The fourth-order valence-corrected chi connectivity index (χ4v) is 6.05. The van der Waals surface area contributed by atoms with Crippen molar-refractivity contribution in [1.82, 2.24) is 0 Å². The Labute approximate surface area is 247 Å². The zero-order chi connectivity index (χ0) is 28.1. The van der Waals surface area contributed by atoms with Crippen molar-refractivity contribution in [2.24, 2.45) is 0 Å². The van der Waals surface area contributed by atoms with E-state index in [2.05, 4.69) is 97.9 Å². The van der Waals surface area contributed by atoms with Crippen molar-refractivity contribution >= 4 is 10.2 Å². The monoisotopic (exact) mass is 560 g/mol. The van der Waals surface area contributed by atoms with Crippen molar-refractivity contribution in [3.63, 3.8) is 0 Å². The smallest absolute Gasteiger partial charge is 0.166 e. The summed E-state index contributed by atoms with van der Waals surface area (Å²) in [5.74, 6) is 0. The molecule has 0 heterocycles. The maximum atomic E-state index is 6.67. The van der Waals surface area contributed by atoms with Crippen molar-refractivity contribution in [2.45, 2.75) is 95.5 Å². The van der Waals surface area contributed by atoms with Crippen LogP contribution in [0.2, 0.25) is 0 Å². The second kappa shape index (κ2) is 19.8. The van der Waals surface area contributed by atoms with Gasteiger partial charge in [-0.05, 0) is 42.4 Å². The Kier molecular flexibility index (Phi) is 16.0. The highest BCUT2D eigenvalue weighted by Gasteiger charge is 2.36. The molecule has 0 amide bonds. The molecule has 4 heteroatoms. The molecule has 0 aliphatic heterocycles. The van der Waals surface area contributed by atoms with Crippen LogP contribution in [0.15, 0.2) is 91.0 Å². The minimum atomic E-state index is -0.665. The lowest BCUT2D eigenvalue weighted by atomic mass is 10.0. The van der Waals surface area contributed by atoms with Crippen LogP contribution in [0.3, 0.4) is 0 Å². The third kappa shape index (κ3) is 12.9. The minimum Gasteiger partial charge on any atom is -0.373 e. The molecule has 0 spiro atoms. The first-order valence-corrected chi connectivity index (χ1v) is 16.7. The first-order valence-electron chi connectivity index (χ1n) is 15.7. The van der Waals surface area contributed by atoms with Crippen LogP contribution in [0, 0.1) is 0 Å². The molecule has 0 N–H and O–H groups in total. The maximum Gasteiger partial charge on any atom is 0.166 e. The zero-order valence-electron chi connectivity index (χ0n) is 25.1. The van der Waals surface area contributed by atoms with Gasteiger partial charge in [0.2, 0.25) is 0 Å². The molecule has 0 radical (unpaired) electrons. The van der Waals surface area contributed by atoms with E-state index in [0.717, 1.165) is 42.3 Å². The Bertz CT molecular complexity index is 951. The van der Waals surface area contributed by atoms with Crippen LogP contribution in [0.1, 0.15) is 81.4 Å². The van der Waals surface area contributed by atoms with Gasteiger partial charge in [-0.25, -0.2) is 0 Å². The molecule has 0 fully saturated rings. The quantitative estimate of drug-likeness (QED) is 0.0716. The van der Waals surface area contributed by atoms with Gasteiger partial charge in [0.25, 0.3) is 0 Å². The van der Waals surface area contributed by atoms with Gasteiger partial charge in [0.05, 0.1) is 30.1 Å². The topological polar surface area (TPSA) is 27.7 Å². The molecule has 0 bridgehead atoms. The zero-order valence-corrected chi connectivity index (χ0v) is 27.1. The normalized spacial score (nSPS) is 12.5. The average Bonchev–Trinajstić information content (AvgIpc) is 2.99. The van der Waals surface area contributed by atoms with Gasteiger partial charge in [-0.3, -0.25) is 0 Å². The van der Waals surface area contributed by atoms with Crippen LogP contribution in [0.25, 0.3) is 0 Å². The van der Waals surface area contributed by atoms with E-state index >= 15 is 0 Å². The average molecular weight is 561 g/mol. The van der Waals surface area contributed by atoms with E-state index in [1.165, 1.54) is 61.6 Å². The summed E-state index contributed by atoms with van der Waals surface area (Å²) in [4.78, 5) is 0. The molecule has 40 heavy (non-hydrogen) atoms. The van der Waals surface area contributed by atoms with Gasteiger partial charge in [-0.15, -0.1) is 0 Å². The SMILES string of the molecule is CCCCCCCCCCC(OCCc1ccccc1)C([SiH3])(OCCc1ccccc1)OCCc1ccccc1. The van der Waals surface area contributed by atoms with E-state index in [4.69, 9.17) is 14.2 Å². The Morgan fingerprint density at radius 1 is 0.550 bits per heavy atom. The van der Waals surface area contributed by atoms with Gasteiger partial charge in [-0.2, -0.15) is 0 Å². The Morgan fingerprint density at radius 2 is 0.950 bits per heavy atom. The van der Waals surface area contributed by atoms with Crippen molar-refractivity contribution in [1.29, 1.82) is 0 Å². The van der Waals surface area contributed by atoms with Gasteiger partial charge >= 0.3 is 0 Å². The maximum absolute atomic E-state index is 6.67. The molecule has 3 rings (SSSR count). The molecular formula is C36H52O3Si. The van der Waals surface area contributed by atoms with Gasteiger partial charge in [0.1, 0.15) is 6.10 Å². The van der Waals surface area contributed by atoms with Crippen LogP contribution in [-0.2, 0) is 33.5 Å². The third-order valence-electron chi connectivity index (χ3n) is 7.70. The number of rotatable bonds is 22. The molecule has 3 aromatic carbocycles. The summed E-state index contributed by atoms with van der Waals surface area (Å²) in [6.45, 7) is 4.23. The Hall–Kier alpha value is -2.24. The van der Waals surface area contributed by atoms with E-state index in [9.17, 15) is 0 Å². The molecule has 1 unspecified atom stereocenters. The lowest BCUT2D eigenvalue weighted by molar-refractivity contribution is -0.241. The van der Waals surface area contributed by atoms with Crippen LogP contribution >= 0.6 is 0 Å². The molecular weight excluding hydrogens is 508 g/mol. The predicted molar refractivity (Wildman–Crippen MR) is 172 cm³/mol. The summed E-state index contributed by atoms with van der Waals surface area (Å²) in [6, 6.07) is 31.8. The summed E-state index contributed by atoms with van der Waals surface area (Å²) < 4.78 is 20.0. The predicted octanol–water partition coefficient (Wildman–Crippen LogP) is 7.68. The lowest BCUT2D eigenvalue weighted by Crippen LogP contribution is -2.50. The van der Waals surface area contributed by atoms with Gasteiger partial charge in [0, 0.05) is 0 Å². The van der Waals surface area contributed by atoms with Crippen LogP contribution in [0.4, 0.5) is 0 Å². The van der Waals surface area contributed by atoms with Gasteiger partial charge < -0.3 is 14.2 Å². The second-order valence-electron chi connectivity index (χ2n) is 11.0. The van der Waals surface area contributed by atoms with E-state index in [1.807, 2.05) is 0 Å². The number of unbranched alkanes of at least 4 members (excludes halogenated alkanes) is 7. The highest BCUT2D eigenvalue weighted by molar-refractivity contribution is 6.13. The largest absolute Gasteiger partial charge is 0.373 e. The fourth-order valence-electron chi connectivity index (χ4n) is 5.18. The number of hydrogen-bond acceptors (Lipinski definition) is 3. The molecule has 1 atom stereocenters. The van der Waals surface area contributed by atoms with Crippen molar-refractivity contribution in [3.05, 3.63) is 108 Å². The second-order valence-corrected chi connectivity index (χ2v) is 12.4. The summed E-state index contributed by atoms with van der Waals surface area (Å²) in [5, 5.41) is 0. The minimum absolute atomic E-state index is 0.0606. The molecule has 0 aliphatic rings. The highest BCUT2D eigenvalue weighted by Crippen LogP contribution is 2.25. The van der Waals surface area contributed by atoms with Gasteiger partial charge in [-0.1, -0.05) is 149 Å². The van der Waals surface area contributed by atoms with E-state index < -0.39 is 5.41 Å². The molecule has 3 nitrogen and oxygen atoms in total. The molecule has 0 saturated heterocycles. The summed E-state index contributed by atoms with van der Waals surface area (Å²) in [5.41, 5.74) is 3.23. The molecule has 3 aromatic rings. The van der Waals surface area contributed by atoms with E-state index in [-0.39, 0.29) is 6.10 Å². The molecule has 0 aromatic heterocycles. The molecule has 0 saturated carbocycles. The van der Waals surface area contributed by atoms with Crippen molar-refractivity contribution in [3.8, 4) is 0 Å². The number of hydrogen-bond donors (Lipinski definition) is 0. The lowest BCUT2D eigenvalue weighted by Gasteiger charge is -2.38. The standard InChI is InChI=1S/C36H52O3Si/c1-2-3-4-5-6-7-8-18-25-35(37-29-26-32-19-12-9-13-20-32)36(40,38-30-27-33-21-14-10-15-22-33)39-31-28-34-23-16-11-17-24-34/h9-17,19-24,35H,2-8,18,25-31H2,1,40H3. The van der Waals surface area contributed by atoms with Crippen LogP contribution < -0.4 is 0 Å². The van der Waals surface area contributed by atoms with E-state index in [1.54, 1.807) is 0 Å². The number of benzene rings is 3. The fraction of sp³-hybridized carbons (Fsp3) is 0.500. The molecule has 218 valence electrons. The summed E-state index contributed by atoms with van der Waals surface area (Å²) in [6.07, 6.45) is 14.0. The Morgan fingerprint density at radius 3 is 1.40 bits per heavy atom. The first kappa shape index (κ1) is 32.3. The van der Waals surface area contributed by atoms with Crippen molar-refractivity contribution < 1.29 is 14.2 Å². The summed E-state index contributed by atoms with van der Waals surface area (Å²) >= 11 is 0. The van der Waals surface area contributed by atoms with Crippen LogP contribution in [0.5, 0.6) is 0 Å². The highest BCUT2D eigenvalue weighted by atomic mass is 28.1. The van der Waals surface area contributed by atoms with E-state index in [0.29, 0.717) is 19.8 Å². The number of ether oxygens (including phenoxy) is 3.